The average Bonchev–Trinajstić information content (AvgIpc) is 2.33. The zero-order chi connectivity index (χ0) is 10.5. The number of nitrogens with zero attached hydrogens (tertiary/aromatic N) is 1. The second kappa shape index (κ2) is 4.56. The Balaban J connectivity index is 2.38. The lowest BCUT2D eigenvalue weighted by Crippen LogP contribution is -1.96. The van der Waals surface area contributed by atoms with Crippen LogP contribution in [0.1, 0.15) is 17.0 Å². The molecule has 74 valence electrons. The first-order valence-corrected chi connectivity index (χ1v) is 4.99. The predicted octanol–water partition coefficient (Wildman–Crippen LogP) is 3.40. The molecule has 1 heteroatoms. The lowest BCUT2D eigenvalue weighted by molar-refractivity contribution is 1.02. The molecule has 0 amide bonds. The molecular formula is C14H13N. The van der Waals surface area contributed by atoms with Gasteiger partial charge in [0.05, 0.1) is 0 Å². The fourth-order valence-electron chi connectivity index (χ4n) is 1.70. The maximum Gasteiger partial charge on any atom is 0.0270 e. The minimum Gasteiger partial charge on any atom is -0.265 e. The minimum atomic E-state index is 0.259. The van der Waals surface area contributed by atoms with E-state index in [1.165, 1.54) is 11.1 Å². The summed E-state index contributed by atoms with van der Waals surface area (Å²) in [4.78, 5) is 4.02. The van der Waals surface area contributed by atoms with Crippen molar-refractivity contribution in [2.45, 2.75) is 5.92 Å². The Hall–Kier alpha value is -1.89. The van der Waals surface area contributed by atoms with Gasteiger partial charge in [-0.1, -0.05) is 36.4 Å². The third-order valence-corrected chi connectivity index (χ3v) is 2.46. The van der Waals surface area contributed by atoms with E-state index in [0.29, 0.717) is 0 Å². The highest BCUT2D eigenvalue weighted by molar-refractivity contribution is 5.34. The molecule has 0 aliphatic rings. The number of hydrogen-bond donors (Lipinski definition) is 0. The zero-order valence-corrected chi connectivity index (χ0v) is 8.51. The maximum atomic E-state index is 4.02. The molecule has 1 unspecified atom stereocenters. The summed E-state index contributed by atoms with van der Waals surface area (Å²) in [6.45, 7) is 3.89. The van der Waals surface area contributed by atoms with Crippen LogP contribution in [0, 0.1) is 0 Å². The van der Waals surface area contributed by atoms with Gasteiger partial charge >= 0.3 is 0 Å². The van der Waals surface area contributed by atoms with Gasteiger partial charge in [0.1, 0.15) is 0 Å². The maximum absolute atomic E-state index is 4.02. The zero-order valence-electron chi connectivity index (χ0n) is 8.51. The van der Waals surface area contributed by atoms with Gasteiger partial charge in [0.25, 0.3) is 0 Å². The summed E-state index contributed by atoms with van der Waals surface area (Å²) < 4.78 is 0. The van der Waals surface area contributed by atoms with Crippen molar-refractivity contribution in [2.75, 3.05) is 0 Å². The van der Waals surface area contributed by atoms with Crippen molar-refractivity contribution in [3.8, 4) is 0 Å². The Morgan fingerprint density at radius 1 is 0.933 bits per heavy atom. The van der Waals surface area contributed by atoms with Crippen LogP contribution in [0.3, 0.4) is 0 Å². The summed E-state index contributed by atoms with van der Waals surface area (Å²) in [5.41, 5.74) is 2.49. The monoisotopic (exact) mass is 195 g/mol. The van der Waals surface area contributed by atoms with Gasteiger partial charge < -0.3 is 0 Å². The molecule has 0 aliphatic carbocycles. The molecule has 1 aromatic heterocycles. The van der Waals surface area contributed by atoms with E-state index >= 15 is 0 Å². The lowest BCUT2D eigenvalue weighted by atomic mass is 9.92. The highest BCUT2D eigenvalue weighted by atomic mass is 14.6. The molecule has 0 N–H and O–H groups in total. The van der Waals surface area contributed by atoms with Gasteiger partial charge in [-0.05, 0) is 23.3 Å². The molecule has 0 radical (unpaired) electrons. The normalized spacial score (nSPS) is 12.0. The molecule has 1 aromatic carbocycles. The molecule has 0 fully saturated rings. The molecule has 0 aliphatic heterocycles. The van der Waals surface area contributed by atoms with E-state index in [4.69, 9.17) is 0 Å². The van der Waals surface area contributed by atoms with Crippen molar-refractivity contribution in [3.63, 3.8) is 0 Å². The highest BCUT2D eigenvalue weighted by Crippen LogP contribution is 2.24. The first kappa shape index (κ1) is 9.66. The Kier molecular flexibility index (Phi) is 2.93. The molecule has 2 aromatic rings. The van der Waals surface area contributed by atoms with Gasteiger partial charge in [-0.3, -0.25) is 4.98 Å². The van der Waals surface area contributed by atoms with Crippen molar-refractivity contribution < 1.29 is 0 Å². The molecule has 15 heavy (non-hydrogen) atoms. The molecule has 1 heterocycles. The van der Waals surface area contributed by atoms with E-state index in [2.05, 4.69) is 23.7 Å². The summed E-state index contributed by atoms with van der Waals surface area (Å²) in [6.07, 6.45) is 5.59. The van der Waals surface area contributed by atoms with Crippen molar-refractivity contribution in [3.05, 3.63) is 78.6 Å². The van der Waals surface area contributed by atoms with Gasteiger partial charge in [-0.2, -0.15) is 0 Å². The summed E-state index contributed by atoms with van der Waals surface area (Å²) >= 11 is 0. The highest BCUT2D eigenvalue weighted by Gasteiger charge is 2.08. The van der Waals surface area contributed by atoms with Crippen LogP contribution in [0.15, 0.2) is 67.5 Å². The minimum absolute atomic E-state index is 0.259. The van der Waals surface area contributed by atoms with Crippen LogP contribution in [0.5, 0.6) is 0 Å². The molecule has 0 saturated heterocycles. The van der Waals surface area contributed by atoms with Crippen LogP contribution in [0.25, 0.3) is 0 Å². The quantitative estimate of drug-likeness (QED) is 0.684. The molecule has 2 rings (SSSR count). The molecule has 1 nitrogen and oxygen atoms in total. The lowest BCUT2D eigenvalue weighted by Gasteiger charge is -2.12. The Morgan fingerprint density at radius 2 is 1.53 bits per heavy atom. The van der Waals surface area contributed by atoms with E-state index < -0.39 is 0 Å². The molecular weight excluding hydrogens is 182 g/mol. The van der Waals surface area contributed by atoms with E-state index in [9.17, 15) is 0 Å². The topological polar surface area (TPSA) is 12.9 Å². The second-order valence-electron chi connectivity index (χ2n) is 3.40. The fraction of sp³-hybridized carbons (Fsp3) is 0.0714. The summed E-state index contributed by atoms with van der Waals surface area (Å²) in [5.74, 6) is 0.259. The number of aromatic nitrogens is 1. The van der Waals surface area contributed by atoms with Crippen molar-refractivity contribution in [2.24, 2.45) is 0 Å². The second-order valence-corrected chi connectivity index (χ2v) is 3.40. The van der Waals surface area contributed by atoms with Crippen LogP contribution in [-0.2, 0) is 0 Å². The summed E-state index contributed by atoms with van der Waals surface area (Å²) in [6, 6.07) is 14.4. The van der Waals surface area contributed by atoms with E-state index in [1.807, 2.05) is 48.8 Å². The Labute approximate surface area is 90.1 Å². The van der Waals surface area contributed by atoms with Crippen molar-refractivity contribution in [1.82, 2.24) is 4.98 Å². The van der Waals surface area contributed by atoms with Crippen LogP contribution in [0.2, 0.25) is 0 Å². The smallest absolute Gasteiger partial charge is 0.0270 e. The largest absolute Gasteiger partial charge is 0.265 e. The van der Waals surface area contributed by atoms with Crippen LogP contribution in [0.4, 0.5) is 0 Å². The number of hydrogen-bond acceptors (Lipinski definition) is 1. The van der Waals surface area contributed by atoms with Crippen LogP contribution >= 0.6 is 0 Å². The number of pyridine rings is 1. The predicted molar refractivity (Wildman–Crippen MR) is 62.7 cm³/mol. The number of rotatable bonds is 3. The van der Waals surface area contributed by atoms with Gasteiger partial charge in [-0.15, -0.1) is 6.58 Å². The van der Waals surface area contributed by atoms with Crippen molar-refractivity contribution >= 4 is 0 Å². The Morgan fingerprint density at radius 3 is 2.13 bits per heavy atom. The van der Waals surface area contributed by atoms with E-state index in [-0.39, 0.29) is 5.92 Å². The fourth-order valence-corrected chi connectivity index (χ4v) is 1.70. The standard InChI is InChI=1S/C14H13N/c1-2-14(12-6-4-3-5-7-12)13-8-10-15-11-9-13/h2-11,14H,1H2. The third kappa shape index (κ3) is 2.13. The molecule has 0 saturated carbocycles. The third-order valence-electron chi connectivity index (χ3n) is 2.46. The van der Waals surface area contributed by atoms with Gasteiger partial charge in [0, 0.05) is 18.3 Å². The molecule has 0 bridgehead atoms. The molecule has 0 spiro atoms. The van der Waals surface area contributed by atoms with Gasteiger partial charge in [0.15, 0.2) is 0 Å². The van der Waals surface area contributed by atoms with E-state index in [0.717, 1.165) is 0 Å². The first-order chi connectivity index (χ1) is 7.42. The van der Waals surface area contributed by atoms with E-state index in [1.54, 1.807) is 0 Å². The van der Waals surface area contributed by atoms with Crippen molar-refractivity contribution in [1.29, 1.82) is 0 Å². The first-order valence-electron chi connectivity index (χ1n) is 4.99. The number of allylic oxidation sites excluding steroid dienone is 1. The van der Waals surface area contributed by atoms with Gasteiger partial charge in [-0.25, -0.2) is 0 Å². The SMILES string of the molecule is C=CC(c1ccccc1)c1ccncc1. The molecule has 1 atom stereocenters. The van der Waals surface area contributed by atoms with Gasteiger partial charge in [0.2, 0.25) is 0 Å². The average molecular weight is 195 g/mol. The number of benzene rings is 1. The summed E-state index contributed by atoms with van der Waals surface area (Å²) in [5, 5.41) is 0. The van der Waals surface area contributed by atoms with Crippen LogP contribution in [-0.4, -0.2) is 4.98 Å². The Bertz CT molecular complexity index is 380. The van der Waals surface area contributed by atoms with Crippen LogP contribution < -0.4 is 0 Å². The summed E-state index contributed by atoms with van der Waals surface area (Å²) in [7, 11) is 0.